The van der Waals surface area contributed by atoms with Crippen molar-refractivity contribution in [3.63, 3.8) is 0 Å². The predicted molar refractivity (Wildman–Crippen MR) is 174 cm³/mol. The van der Waals surface area contributed by atoms with Crippen LogP contribution in [0, 0.1) is 5.92 Å². The molecule has 0 bridgehead atoms. The third kappa shape index (κ3) is 11.4. The minimum Gasteiger partial charge on any atom is -0.482 e. The van der Waals surface area contributed by atoms with Crippen molar-refractivity contribution in [1.82, 2.24) is 15.4 Å². The van der Waals surface area contributed by atoms with E-state index in [1.54, 1.807) is 42.5 Å². The summed E-state index contributed by atoms with van der Waals surface area (Å²) in [6.45, 7) is 3.25. The number of carbonyl (C=O) groups is 3. The number of benzene rings is 3. The largest absolute Gasteiger partial charge is 0.482 e. The number of anilines is 1. The fourth-order valence-electron chi connectivity index (χ4n) is 3.67. The van der Waals surface area contributed by atoms with Crippen molar-refractivity contribution in [3.05, 3.63) is 87.9 Å². The van der Waals surface area contributed by atoms with E-state index in [1.165, 1.54) is 24.3 Å². The predicted octanol–water partition coefficient (Wildman–Crippen LogP) is 5.14. The minimum atomic E-state index is -4.36. The second-order valence-corrected chi connectivity index (χ2v) is 13.2. The third-order valence-corrected chi connectivity index (χ3v) is 8.01. The molecule has 44 heavy (non-hydrogen) atoms. The fourth-order valence-corrected chi connectivity index (χ4v) is 5.70. The lowest BCUT2D eigenvalue weighted by molar-refractivity contribution is -0.122. The molecule has 0 unspecified atom stereocenters. The highest BCUT2D eigenvalue weighted by molar-refractivity contribution is 9.10. The van der Waals surface area contributed by atoms with Crippen molar-refractivity contribution < 1.29 is 32.3 Å². The average Bonchev–Trinajstić information content (AvgIpc) is 2.95. The Morgan fingerprint density at radius 2 is 1.73 bits per heavy atom. The van der Waals surface area contributed by atoms with Crippen LogP contribution in [0.25, 0.3) is 0 Å². The van der Waals surface area contributed by atoms with Gasteiger partial charge in [-0.3, -0.25) is 14.9 Å². The molecule has 3 rings (SSSR count). The van der Waals surface area contributed by atoms with Gasteiger partial charge in [0, 0.05) is 10.2 Å². The molecule has 3 aromatic carbocycles. The molecule has 0 aromatic heterocycles. The number of carbonyl (C=O) groups excluding carboxylic acids is 3. The van der Waals surface area contributed by atoms with Crippen LogP contribution in [0.5, 0.6) is 5.75 Å². The second-order valence-electron chi connectivity index (χ2n) is 9.75. The van der Waals surface area contributed by atoms with Gasteiger partial charge in [-0.05, 0) is 66.5 Å². The molecule has 0 fully saturated rings. The molecule has 0 spiro atoms. The molecule has 0 aliphatic carbocycles. The van der Waals surface area contributed by atoms with Crippen LogP contribution in [-0.2, 0) is 31.0 Å². The molecule has 11 nitrogen and oxygen atoms in total. The van der Waals surface area contributed by atoms with Crippen molar-refractivity contribution in [2.24, 2.45) is 5.92 Å². The zero-order valence-electron chi connectivity index (χ0n) is 23.6. The summed E-state index contributed by atoms with van der Waals surface area (Å²) in [6.07, 6.45) is -0.700. The smallest absolute Gasteiger partial charge is 0.408 e. The van der Waals surface area contributed by atoms with E-state index in [0.29, 0.717) is 10.8 Å². The van der Waals surface area contributed by atoms with Gasteiger partial charge in [0.05, 0.1) is 9.92 Å². The van der Waals surface area contributed by atoms with Crippen LogP contribution < -0.4 is 25.4 Å². The minimum absolute atomic E-state index is 0.0182. The molecule has 3 aromatic rings. The maximum Gasteiger partial charge on any atom is 0.408 e. The van der Waals surface area contributed by atoms with E-state index in [4.69, 9.17) is 33.3 Å². The van der Waals surface area contributed by atoms with Gasteiger partial charge in [0.15, 0.2) is 11.7 Å². The van der Waals surface area contributed by atoms with Crippen molar-refractivity contribution in [1.29, 1.82) is 0 Å². The Morgan fingerprint density at radius 1 is 1.00 bits per heavy atom. The lowest BCUT2D eigenvalue weighted by Gasteiger charge is -2.20. The summed E-state index contributed by atoms with van der Waals surface area (Å²) in [4.78, 5) is 37.4. The first kappa shape index (κ1) is 34.8. The molecule has 0 radical (unpaired) electrons. The number of rotatable bonds is 12. The van der Waals surface area contributed by atoms with Crippen molar-refractivity contribution in [2.45, 2.75) is 37.8 Å². The summed E-state index contributed by atoms with van der Waals surface area (Å²) < 4.78 is 39.5. The Hall–Kier alpha value is -3.72. The molecule has 0 saturated carbocycles. The summed E-state index contributed by atoms with van der Waals surface area (Å²) in [5, 5.41) is 7.79. The van der Waals surface area contributed by atoms with Crippen molar-refractivity contribution in [2.75, 3.05) is 11.9 Å². The van der Waals surface area contributed by atoms with Gasteiger partial charge in [-0.25, -0.2) is 17.9 Å². The van der Waals surface area contributed by atoms with Crippen LogP contribution in [0.2, 0.25) is 5.02 Å². The van der Waals surface area contributed by atoms with E-state index in [1.807, 2.05) is 24.6 Å². The Morgan fingerprint density at radius 3 is 2.41 bits per heavy atom. The zero-order valence-corrected chi connectivity index (χ0v) is 27.6. The summed E-state index contributed by atoms with van der Waals surface area (Å²) >= 11 is 14.5. The Kier molecular flexibility index (Phi) is 12.9. The molecule has 4 N–H and O–H groups in total. The van der Waals surface area contributed by atoms with E-state index < -0.39 is 34.0 Å². The molecule has 234 valence electrons. The Labute approximate surface area is 274 Å². The van der Waals surface area contributed by atoms with Crippen LogP contribution in [0.3, 0.4) is 0 Å². The van der Waals surface area contributed by atoms with Crippen LogP contribution >= 0.6 is 39.7 Å². The SMILES string of the molecule is CC(C)C[C@H](NC(=O)OCc1ccccc1)C(=O)NS(=O)(=O)c1cccc(NC(=S)NC(=O)COc2ccc(Br)cc2Cl)c1. The number of thiocarbonyl (C=S) groups is 1. The van der Waals surface area contributed by atoms with Crippen LogP contribution in [0.15, 0.2) is 82.2 Å². The van der Waals surface area contributed by atoms with Gasteiger partial charge in [-0.1, -0.05) is 77.8 Å². The van der Waals surface area contributed by atoms with Crippen LogP contribution in [0.1, 0.15) is 25.8 Å². The monoisotopic (exact) mass is 724 g/mol. The van der Waals surface area contributed by atoms with Gasteiger partial charge >= 0.3 is 6.09 Å². The normalized spacial score (nSPS) is 11.7. The lowest BCUT2D eigenvalue weighted by Crippen LogP contribution is -2.49. The third-order valence-electron chi connectivity index (χ3n) is 5.67. The van der Waals surface area contributed by atoms with E-state index in [0.717, 1.165) is 10.0 Å². The van der Waals surface area contributed by atoms with Crippen molar-refractivity contribution in [3.8, 4) is 5.75 Å². The van der Waals surface area contributed by atoms with Crippen LogP contribution in [-0.4, -0.2) is 44.1 Å². The molecule has 0 saturated heterocycles. The maximum absolute atomic E-state index is 13.1. The summed E-state index contributed by atoms with van der Waals surface area (Å²) in [5.74, 6) is -1.26. The molecule has 0 aliphatic heterocycles. The number of alkyl carbamates (subject to hydrolysis) is 1. The Bertz CT molecular complexity index is 1610. The number of hydrogen-bond donors (Lipinski definition) is 4. The standard InChI is InChI=1S/C29H30BrClN4O7S2/c1-18(2)13-24(33-29(38)42-16-19-7-4-3-5-8-19)27(37)35-44(39,40)22-10-6-9-21(15-22)32-28(43)34-26(36)17-41-25-12-11-20(30)14-23(25)31/h3-12,14-15,18,24H,13,16-17H2,1-2H3,(H,33,38)(H,35,37)(H2,32,34,36,43)/t24-/m0/s1. The highest BCUT2D eigenvalue weighted by Gasteiger charge is 2.27. The van der Waals surface area contributed by atoms with Gasteiger partial charge < -0.3 is 20.1 Å². The maximum atomic E-state index is 13.1. The number of amides is 3. The number of ether oxygens (including phenoxy) is 2. The summed E-state index contributed by atoms with van der Waals surface area (Å²) in [6, 6.07) is 18.2. The van der Waals surface area contributed by atoms with E-state index in [9.17, 15) is 22.8 Å². The number of hydrogen-bond acceptors (Lipinski definition) is 8. The number of halogens is 2. The van der Waals surface area contributed by atoms with Gasteiger partial charge in [-0.2, -0.15) is 0 Å². The first-order chi connectivity index (χ1) is 20.8. The van der Waals surface area contributed by atoms with E-state index in [2.05, 4.69) is 31.9 Å². The zero-order chi connectivity index (χ0) is 32.3. The fraction of sp³-hybridized carbons (Fsp3) is 0.241. The average molecular weight is 726 g/mol. The van der Waals surface area contributed by atoms with E-state index in [-0.39, 0.29) is 41.2 Å². The summed E-state index contributed by atoms with van der Waals surface area (Å²) in [5.41, 5.74) is 0.977. The summed E-state index contributed by atoms with van der Waals surface area (Å²) in [7, 11) is -4.36. The highest BCUT2D eigenvalue weighted by Crippen LogP contribution is 2.27. The number of sulfonamides is 1. The van der Waals surface area contributed by atoms with Gasteiger partial charge in [0.25, 0.3) is 21.8 Å². The number of nitrogens with one attached hydrogen (secondary N) is 4. The van der Waals surface area contributed by atoms with Crippen molar-refractivity contribution >= 4 is 78.5 Å². The topological polar surface area (TPSA) is 152 Å². The molecular weight excluding hydrogens is 696 g/mol. The lowest BCUT2D eigenvalue weighted by atomic mass is 10.0. The van der Waals surface area contributed by atoms with Gasteiger partial charge in [0.1, 0.15) is 18.4 Å². The molecular formula is C29H30BrClN4O7S2. The first-order valence-electron chi connectivity index (χ1n) is 13.1. The molecule has 0 heterocycles. The molecule has 3 amide bonds. The van der Waals surface area contributed by atoms with Gasteiger partial charge in [-0.15, -0.1) is 0 Å². The molecule has 1 atom stereocenters. The van der Waals surface area contributed by atoms with Gasteiger partial charge in [0.2, 0.25) is 0 Å². The second kappa shape index (κ2) is 16.4. The molecule has 15 heteroatoms. The first-order valence-corrected chi connectivity index (χ1v) is 16.2. The Balaban J connectivity index is 1.57. The molecule has 0 aliphatic rings. The highest BCUT2D eigenvalue weighted by atomic mass is 79.9. The van der Waals surface area contributed by atoms with Crippen LogP contribution in [0.4, 0.5) is 10.5 Å². The quantitative estimate of drug-likeness (QED) is 0.186. The van der Waals surface area contributed by atoms with E-state index >= 15 is 0 Å².